The molecule has 0 N–H and O–H groups in total. The van der Waals surface area contributed by atoms with Crippen molar-refractivity contribution in [2.24, 2.45) is 12.0 Å². The highest BCUT2D eigenvalue weighted by atomic mass is 35.5. The number of aliphatic imine (C=N–C) groups is 1. The van der Waals surface area contributed by atoms with Gasteiger partial charge in [0.15, 0.2) is 0 Å². The van der Waals surface area contributed by atoms with Crippen LogP contribution in [-0.2, 0) is 24.8 Å². The molecule has 1 aromatic carbocycles. The first-order valence-electron chi connectivity index (χ1n) is 9.28. The minimum absolute atomic E-state index is 0.153. The molecule has 4 rings (SSSR count). The van der Waals surface area contributed by atoms with Crippen molar-refractivity contribution in [1.29, 1.82) is 0 Å². The van der Waals surface area contributed by atoms with E-state index in [1.54, 1.807) is 4.68 Å². The molecule has 5 nitrogen and oxygen atoms in total. The number of hydrogen-bond donors (Lipinski definition) is 0. The SMILES string of the molecule is C[C@@H](CC(=O)Cc1cc2c(cn1)C(c1cnn(C)c1)=NC2)c1ccc(Cl)cc1. The molecule has 1 atom stereocenters. The summed E-state index contributed by atoms with van der Waals surface area (Å²) >= 11 is 5.94. The maximum atomic E-state index is 12.5. The van der Waals surface area contributed by atoms with Gasteiger partial charge >= 0.3 is 0 Å². The number of aryl methyl sites for hydroxylation is 1. The summed E-state index contributed by atoms with van der Waals surface area (Å²) in [5, 5.41) is 4.92. The van der Waals surface area contributed by atoms with Crippen molar-refractivity contribution in [2.75, 3.05) is 0 Å². The monoisotopic (exact) mass is 392 g/mol. The molecule has 3 aromatic rings. The number of rotatable bonds is 6. The molecule has 0 aliphatic carbocycles. The summed E-state index contributed by atoms with van der Waals surface area (Å²) in [4.78, 5) is 21.7. The molecule has 0 amide bonds. The van der Waals surface area contributed by atoms with Crippen molar-refractivity contribution >= 4 is 23.1 Å². The van der Waals surface area contributed by atoms with Gasteiger partial charge in [-0.2, -0.15) is 5.10 Å². The van der Waals surface area contributed by atoms with Crippen LogP contribution in [0.5, 0.6) is 0 Å². The minimum Gasteiger partial charge on any atom is -0.299 e. The Bertz CT molecular complexity index is 1050. The van der Waals surface area contributed by atoms with E-state index in [0.717, 1.165) is 33.7 Å². The van der Waals surface area contributed by atoms with E-state index in [1.165, 1.54) is 0 Å². The third kappa shape index (κ3) is 3.90. The van der Waals surface area contributed by atoms with E-state index >= 15 is 0 Å². The molecular formula is C22H21ClN4O. The highest BCUT2D eigenvalue weighted by Crippen LogP contribution is 2.25. The van der Waals surface area contributed by atoms with Crippen LogP contribution < -0.4 is 0 Å². The zero-order valence-corrected chi connectivity index (χ0v) is 16.6. The number of carbonyl (C=O) groups excluding carboxylic acids is 1. The maximum absolute atomic E-state index is 12.5. The number of Topliss-reactive ketones (excluding diaryl/α,β-unsaturated/α-hetero) is 1. The Morgan fingerprint density at radius 2 is 2.04 bits per heavy atom. The van der Waals surface area contributed by atoms with Gasteiger partial charge in [0, 0.05) is 54.1 Å². The summed E-state index contributed by atoms with van der Waals surface area (Å²) in [5.41, 5.74) is 5.97. The number of aromatic nitrogens is 3. The average Bonchev–Trinajstić information content (AvgIpc) is 3.27. The van der Waals surface area contributed by atoms with Crippen LogP contribution in [0.2, 0.25) is 5.02 Å². The molecule has 0 spiro atoms. The number of benzene rings is 1. The molecular weight excluding hydrogens is 372 g/mol. The predicted molar refractivity (Wildman–Crippen MR) is 110 cm³/mol. The summed E-state index contributed by atoms with van der Waals surface area (Å²) in [6.45, 7) is 2.68. The van der Waals surface area contributed by atoms with Gasteiger partial charge in [-0.3, -0.25) is 19.5 Å². The Morgan fingerprint density at radius 1 is 1.25 bits per heavy atom. The Balaban J connectivity index is 1.42. The van der Waals surface area contributed by atoms with E-state index in [2.05, 4.69) is 22.0 Å². The van der Waals surface area contributed by atoms with Gasteiger partial charge in [-0.15, -0.1) is 0 Å². The second-order valence-electron chi connectivity index (χ2n) is 7.27. The number of halogens is 1. The van der Waals surface area contributed by atoms with Crippen molar-refractivity contribution in [2.45, 2.75) is 32.2 Å². The van der Waals surface area contributed by atoms with E-state index in [9.17, 15) is 4.79 Å². The fourth-order valence-electron chi connectivity index (χ4n) is 3.55. The first-order chi connectivity index (χ1) is 13.5. The van der Waals surface area contributed by atoms with Gasteiger partial charge < -0.3 is 0 Å². The first-order valence-corrected chi connectivity index (χ1v) is 9.66. The van der Waals surface area contributed by atoms with Crippen LogP contribution in [0.25, 0.3) is 0 Å². The zero-order valence-electron chi connectivity index (χ0n) is 15.9. The van der Waals surface area contributed by atoms with E-state index in [0.29, 0.717) is 24.4 Å². The Labute approximate surface area is 169 Å². The lowest BCUT2D eigenvalue weighted by atomic mass is 9.94. The smallest absolute Gasteiger partial charge is 0.139 e. The number of fused-ring (bicyclic) bond motifs is 1. The molecule has 3 heterocycles. The zero-order chi connectivity index (χ0) is 19.7. The van der Waals surface area contributed by atoms with Gasteiger partial charge in [0.2, 0.25) is 0 Å². The van der Waals surface area contributed by atoms with E-state index < -0.39 is 0 Å². The molecule has 6 heteroatoms. The second kappa shape index (κ2) is 7.68. The van der Waals surface area contributed by atoms with Crippen molar-refractivity contribution in [3.63, 3.8) is 0 Å². The highest BCUT2D eigenvalue weighted by molar-refractivity contribution is 6.30. The maximum Gasteiger partial charge on any atom is 0.139 e. The number of carbonyl (C=O) groups is 1. The Hall–Kier alpha value is -2.79. The molecule has 0 fully saturated rings. The summed E-state index contributed by atoms with van der Waals surface area (Å²) in [6.07, 6.45) is 6.41. The molecule has 2 aromatic heterocycles. The fraction of sp³-hybridized carbons (Fsp3) is 0.273. The van der Waals surface area contributed by atoms with Crippen LogP contribution in [0.4, 0.5) is 0 Å². The Morgan fingerprint density at radius 3 is 2.75 bits per heavy atom. The topological polar surface area (TPSA) is 60.1 Å². The molecule has 142 valence electrons. The number of nitrogens with zero attached hydrogens (tertiary/aromatic N) is 4. The summed E-state index contributed by atoms with van der Waals surface area (Å²) in [6, 6.07) is 9.68. The molecule has 28 heavy (non-hydrogen) atoms. The quantitative estimate of drug-likeness (QED) is 0.633. The van der Waals surface area contributed by atoms with Crippen LogP contribution in [0.1, 0.15) is 47.2 Å². The lowest BCUT2D eigenvalue weighted by Crippen LogP contribution is -2.10. The molecule has 0 saturated carbocycles. The molecule has 0 unspecified atom stereocenters. The summed E-state index contributed by atoms with van der Waals surface area (Å²) < 4.78 is 1.76. The highest BCUT2D eigenvalue weighted by Gasteiger charge is 2.20. The largest absolute Gasteiger partial charge is 0.299 e. The fourth-order valence-corrected chi connectivity index (χ4v) is 3.68. The number of ketones is 1. The van der Waals surface area contributed by atoms with Gasteiger partial charge in [0.05, 0.1) is 18.5 Å². The van der Waals surface area contributed by atoms with E-state index in [4.69, 9.17) is 11.6 Å². The van der Waals surface area contributed by atoms with Crippen molar-refractivity contribution in [1.82, 2.24) is 14.8 Å². The van der Waals surface area contributed by atoms with E-state index in [-0.39, 0.29) is 11.7 Å². The lowest BCUT2D eigenvalue weighted by Gasteiger charge is -2.11. The molecule has 0 saturated heterocycles. The summed E-state index contributed by atoms with van der Waals surface area (Å²) in [5.74, 6) is 0.334. The Kier molecular flexibility index (Phi) is 5.09. The van der Waals surface area contributed by atoms with Gasteiger partial charge in [0.25, 0.3) is 0 Å². The van der Waals surface area contributed by atoms with Crippen LogP contribution in [0.15, 0.2) is 53.9 Å². The lowest BCUT2D eigenvalue weighted by molar-refractivity contribution is -0.118. The van der Waals surface area contributed by atoms with Crippen molar-refractivity contribution < 1.29 is 4.79 Å². The normalized spacial score (nSPS) is 13.9. The number of hydrogen-bond acceptors (Lipinski definition) is 4. The van der Waals surface area contributed by atoms with Gasteiger partial charge in [-0.1, -0.05) is 30.7 Å². The predicted octanol–water partition coefficient (Wildman–Crippen LogP) is 4.12. The van der Waals surface area contributed by atoms with Gasteiger partial charge in [0.1, 0.15) is 5.78 Å². The number of pyridine rings is 1. The summed E-state index contributed by atoms with van der Waals surface area (Å²) in [7, 11) is 1.89. The molecule has 1 aliphatic heterocycles. The third-order valence-corrected chi connectivity index (χ3v) is 5.29. The molecule has 0 radical (unpaired) electrons. The average molecular weight is 393 g/mol. The van der Waals surface area contributed by atoms with Crippen LogP contribution >= 0.6 is 11.6 Å². The van der Waals surface area contributed by atoms with Crippen LogP contribution in [-0.4, -0.2) is 26.3 Å². The molecule has 1 aliphatic rings. The second-order valence-corrected chi connectivity index (χ2v) is 7.71. The molecule has 0 bridgehead atoms. The van der Waals surface area contributed by atoms with Crippen molar-refractivity contribution in [3.05, 3.63) is 81.9 Å². The van der Waals surface area contributed by atoms with Crippen LogP contribution in [0.3, 0.4) is 0 Å². The third-order valence-electron chi connectivity index (χ3n) is 5.04. The van der Waals surface area contributed by atoms with Crippen molar-refractivity contribution in [3.8, 4) is 0 Å². The first kappa shape index (κ1) is 18.6. The minimum atomic E-state index is 0.153. The van der Waals surface area contributed by atoms with E-state index in [1.807, 2.05) is 56.0 Å². The van der Waals surface area contributed by atoms with Crippen LogP contribution in [0, 0.1) is 0 Å². The van der Waals surface area contributed by atoms with Gasteiger partial charge in [-0.25, -0.2) is 0 Å². The van der Waals surface area contributed by atoms with Gasteiger partial charge in [-0.05, 0) is 35.2 Å². The standard InChI is InChI=1S/C22H21ClN4O/c1-14(15-3-5-18(23)6-4-15)7-20(28)9-19-8-16-10-25-22(21(16)12-24-19)17-11-26-27(2)13-17/h3-6,8,11-14H,7,9-10H2,1-2H3/t14-/m0/s1.